The molecule has 0 aliphatic rings. The Labute approximate surface area is 102 Å². The Morgan fingerprint density at radius 3 is 2.59 bits per heavy atom. The molecule has 0 radical (unpaired) electrons. The minimum Gasteiger partial charge on any atom is -0.478 e. The fourth-order valence-electron chi connectivity index (χ4n) is 1.54. The van der Waals surface area contributed by atoms with Crippen LogP contribution in [0.5, 0.6) is 0 Å². The van der Waals surface area contributed by atoms with Crippen LogP contribution in [-0.2, 0) is 0 Å². The van der Waals surface area contributed by atoms with Gasteiger partial charge in [0.25, 0.3) is 0 Å². The van der Waals surface area contributed by atoms with Crippen LogP contribution in [0.15, 0.2) is 35.7 Å². The summed E-state index contributed by atoms with van der Waals surface area (Å²) in [5.74, 6) is -1.15. The number of carbonyl (C=O) groups excluding carboxylic acids is 1. The first kappa shape index (κ1) is 11.5. The number of benzene rings is 1. The van der Waals surface area contributed by atoms with Gasteiger partial charge >= 0.3 is 5.97 Å². The van der Waals surface area contributed by atoms with Gasteiger partial charge in [-0.1, -0.05) is 12.1 Å². The first-order chi connectivity index (χ1) is 8.09. The minimum absolute atomic E-state index is 0.124. The number of carboxylic acids is 1. The number of aryl methyl sites for hydroxylation is 1. The van der Waals surface area contributed by atoms with E-state index < -0.39 is 5.97 Å². The van der Waals surface area contributed by atoms with Crippen LogP contribution in [0, 0.1) is 6.92 Å². The Morgan fingerprint density at radius 1 is 1.24 bits per heavy atom. The predicted octanol–water partition coefficient (Wildman–Crippen LogP) is 2.99. The number of ketones is 1. The number of thiophene rings is 1. The number of carboxylic acid groups (broad SMARTS) is 1. The Kier molecular flexibility index (Phi) is 3.06. The first-order valence-corrected chi connectivity index (χ1v) is 5.89. The smallest absolute Gasteiger partial charge is 0.335 e. The molecule has 2 rings (SSSR count). The van der Waals surface area contributed by atoms with Crippen molar-refractivity contribution in [2.45, 2.75) is 6.92 Å². The van der Waals surface area contributed by atoms with Crippen molar-refractivity contribution in [1.82, 2.24) is 0 Å². The van der Waals surface area contributed by atoms with Gasteiger partial charge in [0.05, 0.1) is 10.4 Å². The summed E-state index contributed by atoms with van der Waals surface area (Å²) in [7, 11) is 0. The molecule has 0 unspecified atom stereocenters. The molecule has 2 aromatic rings. The van der Waals surface area contributed by atoms with Crippen LogP contribution in [0.25, 0.3) is 0 Å². The highest BCUT2D eigenvalue weighted by molar-refractivity contribution is 7.12. The topological polar surface area (TPSA) is 54.4 Å². The fourth-order valence-corrected chi connectivity index (χ4v) is 2.22. The predicted molar refractivity (Wildman–Crippen MR) is 65.9 cm³/mol. The maximum atomic E-state index is 12.1. The summed E-state index contributed by atoms with van der Waals surface area (Å²) >= 11 is 1.35. The Balaban J connectivity index is 2.48. The van der Waals surface area contributed by atoms with Crippen LogP contribution in [0.3, 0.4) is 0 Å². The van der Waals surface area contributed by atoms with Crippen molar-refractivity contribution in [1.29, 1.82) is 0 Å². The summed E-state index contributed by atoms with van der Waals surface area (Å²) < 4.78 is 0. The molecule has 0 amide bonds. The molecule has 0 aliphatic heterocycles. The van der Waals surface area contributed by atoms with E-state index in [1.54, 1.807) is 25.1 Å². The zero-order valence-electron chi connectivity index (χ0n) is 9.14. The summed E-state index contributed by atoms with van der Waals surface area (Å²) in [5, 5.41) is 10.7. The highest BCUT2D eigenvalue weighted by Crippen LogP contribution is 2.19. The molecule has 0 saturated carbocycles. The van der Waals surface area contributed by atoms with Gasteiger partial charge in [-0.05, 0) is 36.1 Å². The van der Waals surface area contributed by atoms with Crippen molar-refractivity contribution < 1.29 is 14.7 Å². The Hall–Kier alpha value is -1.94. The van der Waals surface area contributed by atoms with E-state index in [2.05, 4.69) is 0 Å². The highest BCUT2D eigenvalue weighted by Gasteiger charge is 2.15. The lowest BCUT2D eigenvalue weighted by molar-refractivity contribution is 0.0697. The molecular weight excluding hydrogens is 236 g/mol. The van der Waals surface area contributed by atoms with Crippen molar-refractivity contribution in [2.75, 3.05) is 0 Å². The van der Waals surface area contributed by atoms with E-state index in [1.807, 2.05) is 5.38 Å². The van der Waals surface area contributed by atoms with Gasteiger partial charge in [0.2, 0.25) is 5.78 Å². The van der Waals surface area contributed by atoms with Gasteiger partial charge in [-0.2, -0.15) is 0 Å². The molecule has 3 nitrogen and oxygen atoms in total. The number of rotatable bonds is 3. The lowest BCUT2D eigenvalue weighted by Gasteiger charge is -2.04. The first-order valence-electron chi connectivity index (χ1n) is 5.02. The van der Waals surface area contributed by atoms with Gasteiger partial charge < -0.3 is 5.11 Å². The molecule has 0 bridgehead atoms. The Morgan fingerprint density at radius 2 is 2.00 bits per heavy atom. The van der Waals surface area contributed by atoms with Gasteiger partial charge in [-0.25, -0.2) is 4.79 Å². The van der Waals surface area contributed by atoms with Gasteiger partial charge in [-0.15, -0.1) is 11.3 Å². The van der Waals surface area contributed by atoms with E-state index in [9.17, 15) is 9.59 Å². The van der Waals surface area contributed by atoms with E-state index in [0.29, 0.717) is 10.4 Å². The lowest BCUT2D eigenvalue weighted by Crippen LogP contribution is -2.05. The highest BCUT2D eigenvalue weighted by atomic mass is 32.1. The third-order valence-electron chi connectivity index (χ3n) is 2.47. The van der Waals surface area contributed by atoms with E-state index >= 15 is 0 Å². The second-order valence-corrected chi connectivity index (χ2v) is 4.59. The number of hydrogen-bond acceptors (Lipinski definition) is 3. The normalized spacial score (nSPS) is 10.2. The van der Waals surface area contributed by atoms with Crippen LogP contribution >= 0.6 is 11.3 Å². The molecule has 4 heteroatoms. The zero-order chi connectivity index (χ0) is 12.4. The monoisotopic (exact) mass is 246 g/mol. The SMILES string of the molecule is Cc1ccc(C(=O)O)cc1C(=O)c1cccs1. The average Bonchev–Trinajstić information content (AvgIpc) is 2.81. The zero-order valence-corrected chi connectivity index (χ0v) is 9.95. The van der Waals surface area contributed by atoms with E-state index in [4.69, 9.17) is 5.11 Å². The molecule has 0 aliphatic carbocycles. The number of carbonyl (C=O) groups is 2. The maximum absolute atomic E-state index is 12.1. The molecule has 1 N–H and O–H groups in total. The van der Waals surface area contributed by atoms with Crippen LogP contribution in [0.4, 0.5) is 0 Å². The number of aromatic carboxylic acids is 1. The van der Waals surface area contributed by atoms with Gasteiger partial charge in [0, 0.05) is 5.56 Å². The van der Waals surface area contributed by atoms with Crippen molar-refractivity contribution in [2.24, 2.45) is 0 Å². The molecule has 17 heavy (non-hydrogen) atoms. The summed E-state index contributed by atoms with van der Waals surface area (Å²) in [6.45, 7) is 1.80. The summed E-state index contributed by atoms with van der Waals surface area (Å²) in [6, 6.07) is 8.13. The van der Waals surface area contributed by atoms with Gasteiger partial charge in [-0.3, -0.25) is 4.79 Å². The molecule has 1 heterocycles. The third kappa shape index (κ3) is 2.26. The summed E-state index contributed by atoms with van der Waals surface area (Å²) in [4.78, 5) is 23.6. The third-order valence-corrected chi connectivity index (χ3v) is 3.34. The van der Waals surface area contributed by atoms with E-state index in [1.165, 1.54) is 23.5 Å². The van der Waals surface area contributed by atoms with E-state index in [0.717, 1.165) is 5.56 Å². The quantitative estimate of drug-likeness (QED) is 0.847. The molecule has 1 aromatic carbocycles. The van der Waals surface area contributed by atoms with Crippen molar-refractivity contribution >= 4 is 23.1 Å². The molecule has 86 valence electrons. The van der Waals surface area contributed by atoms with Gasteiger partial charge in [0.15, 0.2) is 0 Å². The molecule has 0 saturated heterocycles. The molecule has 0 atom stereocenters. The lowest BCUT2D eigenvalue weighted by atomic mass is 10.0. The van der Waals surface area contributed by atoms with Crippen molar-refractivity contribution in [3.8, 4) is 0 Å². The standard InChI is InChI=1S/C13H10O3S/c1-8-4-5-9(13(15)16)7-10(8)12(14)11-3-2-6-17-11/h2-7H,1H3,(H,15,16). The second-order valence-electron chi connectivity index (χ2n) is 3.64. The Bertz CT molecular complexity index is 570. The van der Waals surface area contributed by atoms with Gasteiger partial charge in [0.1, 0.15) is 0 Å². The van der Waals surface area contributed by atoms with Crippen molar-refractivity contribution in [3.05, 3.63) is 57.3 Å². The maximum Gasteiger partial charge on any atom is 0.335 e. The molecule has 0 fully saturated rings. The molecule has 0 spiro atoms. The van der Waals surface area contributed by atoms with Crippen LogP contribution in [0.2, 0.25) is 0 Å². The molecule has 1 aromatic heterocycles. The number of hydrogen-bond donors (Lipinski definition) is 1. The summed E-state index contributed by atoms with van der Waals surface area (Å²) in [5.41, 5.74) is 1.37. The van der Waals surface area contributed by atoms with Crippen LogP contribution < -0.4 is 0 Å². The van der Waals surface area contributed by atoms with Crippen LogP contribution in [0.1, 0.15) is 31.2 Å². The van der Waals surface area contributed by atoms with E-state index in [-0.39, 0.29) is 11.3 Å². The van der Waals surface area contributed by atoms with Crippen LogP contribution in [-0.4, -0.2) is 16.9 Å². The second kappa shape index (κ2) is 4.51. The average molecular weight is 246 g/mol. The summed E-state index contributed by atoms with van der Waals surface area (Å²) in [6.07, 6.45) is 0. The van der Waals surface area contributed by atoms with Crippen molar-refractivity contribution in [3.63, 3.8) is 0 Å². The largest absolute Gasteiger partial charge is 0.478 e. The minimum atomic E-state index is -1.02. The molecular formula is C13H10O3S. The fraction of sp³-hybridized carbons (Fsp3) is 0.0769.